The van der Waals surface area contributed by atoms with Gasteiger partial charge in [-0.1, -0.05) is 0 Å². The zero-order valence-corrected chi connectivity index (χ0v) is 21.6. The minimum atomic E-state index is -0.798. The highest BCUT2D eigenvalue weighted by Crippen LogP contribution is 2.29. The molecule has 0 aromatic carbocycles. The van der Waals surface area contributed by atoms with E-state index in [1.807, 2.05) is 4.90 Å². The minimum absolute atomic E-state index is 0. The second-order valence-corrected chi connectivity index (χ2v) is 9.69. The molecule has 13 heteroatoms. The second kappa shape index (κ2) is 11.5. The van der Waals surface area contributed by atoms with E-state index in [2.05, 4.69) is 25.6 Å². The van der Waals surface area contributed by atoms with E-state index in [1.54, 1.807) is 24.3 Å². The van der Waals surface area contributed by atoms with Gasteiger partial charge in [0.25, 0.3) is 5.91 Å². The van der Waals surface area contributed by atoms with E-state index in [-0.39, 0.29) is 24.0 Å². The van der Waals surface area contributed by atoms with Crippen molar-refractivity contribution in [1.29, 1.82) is 0 Å². The highest BCUT2D eigenvalue weighted by atomic mass is 35.5. The molecule has 0 aliphatic carbocycles. The number of ether oxygens (including phenoxy) is 1. The molecule has 0 radical (unpaired) electrons. The van der Waals surface area contributed by atoms with Crippen LogP contribution in [0.1, 0.15) is 22.5 Å². The maximum Gasteiger partial charge on any atom is 0.270 e. The summed E-state index contributed by atoms with van der Waals surface area (Å²) in [6.45, 7) is 1.46. The number of amides is 2. The van der Waals surface area contributed by atoms with E-state index in [0.29, 0.717) is 66.5 Å². The first-order chi connectivity index (χ1) is 17.4. The molecule has 2 aliphatic rings. The summed E-state index contributed by atoms with van der Waals surface area (Å²) in [4.78, 5) is 39.9. The molecule has 3 aromatic heterocycles. The number of carbonyl (C=O) groups is 2. The number of thioether (sulfide) groups is 1. The number of nitrogens with zero attached hydrogens (tertiary/aromatic N) is 4. The van der Waals surface area contributed by atoms with Crippen molar-refractivity contribution in [3.8, 4) is 5.88 Å². The van der Waals surface area contributed by atoms with Gasteiger partial charge in [-0.25, -0.2) is 14.4 Å². The van der Waals surface area contributed by atoms with Crippen molar-refractivity contribution in [1.82, 2.24) is 25.2 Å². The Labute approximate surface area is 222 Å². The first-order valence-corrected chi connectivity index (χ1v) is 12.5. The number of carbonyl (C=O) groups excluding carboxylic acids is 2. The van der Waals surface area contributed by atoms with Gasteiger partial charge >= 0.3 is 0 Å². The van der Waals surface area contributed by atoms with E-state index < -0.39 is 23.9 Å². The Morgan fingerprint density at radius 3 is 2.95 bits per heavy atom. The van der Waals surface area contributed by atoms with Crippen LogP contribution in [0.15, 0.2) is 35.4 Å². The smallest absolute Gasteiger partial charge is 0.270 e. The van der Waals surface area contributed by atoms with Crippen LogP contribution in [0.2, 0.25) is 0 Å². The average Bonchev–Trinajstić information content (AvgIpc) is 2.88. The lowest BCUT2D eigenvalue weighted by molar-refractivity contribution is -0.113. The third kappa shape index (κ3) is 5.93. The number of rotatable bonds is 6. The van der Waals surface area contributed by atoms with Crippen molar-refractivity contribution in [2.24, 2.45) is 0 Å². The van der Waals surface area contributed by atoms with E-state index in [9.17, 15) is 19.1 Å². The zero-order chi connectivity index (χ0) is 25.2. The molecule has 5 heterocycles. The standard InChI is InChI=1S/C24H25FN6O4S.ClH/c1-35-21-5-3-16-22(30-21)13(14(25)10-26-16)6-8-31-9-7-15(18(32)11-31)28-24(34)17-2-4-19-23(27-17)29-20(33)12-36-19;/h2-5,10,15,18,32H,6-9,11-12H2,1H3,(H,28,34)(H,27,29,33);1H/t15-,18-;/m1./s1. The van der Waals surface area contributed by atoms with Gasteiger partial charge in [-0.2, -0.15) is 0 Å². The molecule has 37 heavy (non-hydrogen) atoms. The molecule has 1 saturated heterocycles. The fourth-order valence-electron chi connectivity index (χ4n) is 4.40. The molecule has 0 spiro atoms. The number of aliphatic hydroxyl groups is 1. The zero-order valence-electron chi connectivity index (χ0n) is 19.9. The molecule has 3 N–H and O–H groups in total. The van der Waals surface area contributed by atoms with Crippen molar-refractivity contribution in [2.45, 2.75) is 29.9 Å². The summed E-state index contributed by atoms with van der Waals surface area (Å²) >= 11 is 1.37. The minimum Gasteiger partial charge on any atom is -0.481 e. The molecule has 196 valence electrons. The van der Waals surface area contributed by atoms with Crippen molar-refractivity contribution < 1.29 is 23.8 Å². The number of anilines is 1. The molecule has 2 aliphatic heterocycles. The Bertz CT molecular complexity index is 1330. The third-order valence-corrected chi connectivity index (χ3v) is 7.36. The number of likely N-dealkylation sites (tertiary alicyclic amines) is 1. The maximum absolute atomic E-state index is 14.6. The van der Waals surface area contributed by atoms with Crippen LogP contribution >= 0.6 is 24.2 Å². The number of β-amino-alcohol motifs (C(OH)–C–C–N with tert-alkyl or cyclic N) is 1. The van der Waals surface area contributed by atoms with Crippen LogP contribution < -0.4 is 15.4 Å². The maximum atomic E-state index is 14.6. The van der Waals surface area contributed by atoms with Crippen molar-refractivity contribution in [3.05, 3.63) is 47.5 Å². The quantitative estimate of drug-likeness (QED) is 0.423. The number of fused-ring (bicyclic) bond motifs is 2. The van der Waals surface area contributed by atoms with Gasteiger partial charge in [-0.3, -0.25) is 14.6 Å². The Hall–Kier alpha value is -3.06. The second-order valence-electron chi connectivity index (χ2n) is 8.67. The summed E-state index contributed by atoms with van der Waals surface area (Å²) in [5.74, 6) is 0.0816. The fourth-order valence-corrected chi connectivity index (χ4v) is 5.16. The summed E-state index contributed by atoms with van der Waals surface area (Å²) in [5, 5.41) is 16.2. The summed E-state index contributed by atoms with van der Waals surface area (Å²) in [5.41, 5.74) is 1.67. The molecule has 0 bridgehead atoms. The number of methoxy groups -OCH3 is 1. The number of nitrogens with one attached hydrogen (secondary N) is 2. The Balaban J connectivity index is 0.00000320. The summed E-state index contributed by atoms with van der Waals surface area (Å²) in [6, 6.07) is 6.34. The SMILES string of the molecule is COc1ccc2ncc(F)c(CCN3CC[C@@H](NC(=O)c4ccc5c(n4)NC(=O)CS5)[C@H](O)C3)c2n1.Cl. The molecular formula is C24H26ClFN6O4S. The molecule has 5 rings (SSSR count). The van der Waals surface area contributed by atoms with Gasteiger partial charge < -0.3 is 25.4 Å². The van der Waals surface area contributed by atoms with Crippen molar-refractivity contribution in [2.75, 3.05) is 37.8 Å². The van der Waals surface area contributed by atoms with Crippen LogP contribution in [0.4, 0.5) is 10.2 Å². The number of hydrogen-bond donors (Lipinski definition) is 3. The van der Waals surface area contributed by atoms with E-state index in [1.165, 1.54) is 25.1 Å². The molecule has 0 unspecified atom stereocenters. The number of hydrogen-bond acceptors (Lipinski definition) is 9. The largest absolute Gasteiger partial charge is 0.481 e. The summed E-state index contributed by atoms with van der Waals surface area (Å²) in [6.07, 6.45) is 1.31. The number of piperidine rings is 1. The molecule has 0 saturated carbocycles. The predicted molar refractivity (Wildman–Crippen MR) is 139 cm³/mol. The van der Waals surface area contributed by atoms with E-state index in [0.717, 1.165) is 4.90 Å². The molecule has 2 atom stereocenters. The number of halogens is 2. The molecule has 2 amide bonds. The van der Waals surface area contributed by atoms with Gasteiger partial charge in [0, 0.05) is 31.3 Å². The fraction of sp³-hybridized carbons (Fsp3) is 0.375. The average molecular weight is 549 g/mol. The van der Waals surface area contributed by atoms with Crippen LogP contribution in [-0.4, -0.2) is 81.4 Å². The van der Waals surface area contributed by atoms with Gasteiger partial charge in [0.2, 0.25) is 11.8 Å². The van der Waals surface area contributed by atoms with Gasteiger partial charge in [0.05, 0.1) is 47.1 Å². The molecular weight excluding hydrogens is 523 g/mol. The summed E-state index contributed by atoms with van der Waals surface area (Å²) < 4.78 is 19.8. The lowest BCUT2D eigenvalue weighted by atomic mass is 10.0. The van der Waals surface area contributed by atoms with Crippen molar-refractivity contribution >= 4 is 52.8 Å². The molecule has 1 fully saturated rings. The van der Waals surface area contributed by atoms with Gasteiger partial charge in [0.15, 0.2) is 0 Å². The first-order valence-electron chi connectivity index (χ1n) is 11.5. The predicted octanol–water partition coefficient (Wildman–Crippen LogP) is 2.05. The van der Waals surface area contributed by atoms with Gasteiger partial charge in [-0.05, 0) is 31.0 Å². The Morgan fingerprint density at radius 1 is 1.32 bits per heavy atom. The highest BCUT2D eigenvalue weighted by Gasteiger charge is 2.30. The number of aliphatic hydroxyl groups excluding tert-OH is 1. The molecule has 3 aromatic rings. The van der Waals surface area contributed by atoms with Crippen LogP contribution in [-0.2, 0) is 11.2 Å². The topological polar surface area (TPSA) is 130 Å². The van der Waals surface area contributed by atoms with Crippen LogP contribution in [0.3, 0.4) is 0 Å². The van der Waals surface area contributed by atoms with E-state index in [4.69, 9.17) is 4.74 Å². The normalized spacial score (nSPS) is 19.5. The first kappa shape index (κ1) is 27.0. The van der Waals surface area contributed by atoms with Crippen LogP contribution in [0, 0.1) is 5.82 Å². The van der Waals surface area contributed by atoms with Crippen molar-refractivity contribution in [3.63, 3.8) is 0 Å². The van der Waals surface area contributed by atoms with Crippen LogP contribution in [0.5, 0.6) is 5.88 Å². The highest BCUT2D eigenvalue weighted by molar-refractivity contribution is 8.00. The van der Waals surface area contributed by atoms with Gasteiger partial charge in [-0.15, -0.1) is 24.2 Å². The third-order valence-electron chi connectivity index (χ3n) is 6.32. The lowest BCUT2D eigenvalue weighted by Gasteiger charge is -2.36. The van der Waals surface area contributed by atoms with Gasteiger partial charge in [0.1, 0.15) is 17.3 Å². The van der Waals surface area contributed by atoms with Crippen LogP contribution in [0.25, 0.3) is 11.0 Å². The lowest BCUT2D eigenvalue weighted by Crippen LogP contribution is -2.54. The number of pyridine rings is 3. The Kier molecular flexibility index (Phi) is 8.42. The van der Waals surface area contributed by atoms with E-state index >= 15 is 0 Å². The molecule has 10 nitrogen and oxygen atoms in total. The Morgan fingerprint density at radius 2 is 2.16 bits per heavy atom. The summed E-state index contributed by atoms with van der Waals surface area (Å²) in [7, 11) is 1.50. The monoisotopic (exact) mass is 548 g/mol. The number of aromatic nitrogens is 3.